The SMILES string of the molecule is CC(C)SC(C)(C)CC(=O)ON1C(=O)C=CC1=O. The first-order chi connectivity index (χ1) is 8.21. The van der Waals surface area contributed by atoms with Crippen LogP contribution in [0.1, 0.15) is 34.1 Å². The molecule has 0 aromatic rings. The normalized spacial score (nSPS) is 15.7. The van der Waals surface area contributed by atoms with E-state index in [1.165, 1.54) is 0 Å². The molecule has 0 aromatic carbocycles. The van der Waals surface area contributed by atoms with Crippen molar-refractivity contribution < 1.29 is 19.2 Å². The van der Waals surface area contributed by atoms with Crippen LogP contribution in [-0.4, -0.2) is 32.8 Å². The van der Waals surface area contributed by atoms with Crippen LogP contribution < -0.4 is 0 Å². The lowest BCUT2D eigenvalue weighted by molar-refractivity contribution is -0.196. The van der Waals surface area contributed by atoms with E-state index in [2.05, 4.69) is 0 Å². The molecule has 0 aromatic heterocycles. The van der Waals surface area contributed by atoms with Gasteiger partial charge in [0.1, 0.15) is 0 Å². The molecule has 1 aliphatic rings. The van der Waals surface area contributed by atoms with Crippen LogP contribution in [-0.2, 0) is 19.2 Å². The number of imide groups is 1. The minimum Gasteiger partial charge on any atom is -0.330 e. The zero-order chi connectivity index (χ0) is 13.9. The third-order valence-electron chi connectivity index (χ3n) is 2.09. The number of carbonyl (C=O) groups excluding carboxylic acids is 3. The molecule has 0 bridgehead atoms. The minimum absolute atomic E-state index is 0.132. The Labute approximate surface area is 110 Å². The number of hydrogen-bond donors (Lipinski definition) is 0. The van der Waals surface area contributed by atoms with Gasteiger partial charge in [0.15, 0.2) is 0 Å². The van der Waals surface area contributed by atoms with Gasteiger partial charge in [0.05, 0.1) is 6.42 Å². The van der Waals surface area contributed by atoms with Gasteiger partial charge in [-0.3, -0.25) is 9.59 Å². The molecule has 18 heavy (non-hydrogen) atoms. The van der Waals surface area contributed by atoms with Gasteiger partial charge >= 0.3 is 5.97 Å². The topological polar surface area (TPSA) is 63.7 Å². The van der Waals surface area contributed by atoms with Gasteiger partial charge in [0, 0.05) is 16.9 Å². The van der Waals surface area contributed by atoms with E-state index in [1.54, 1.807) is 11.8 Å². The molecule has 1 heterocycles. The van der Waals surface area contributed by atoms with E-state index >= 15 is 0 Å². The molecule has 0 radical (unpaired) electrons. The largest absolute Gasteiger partial charge is 0.334 e. The lowest BCUT2D eigenvalue weighted by atomic mass is 10.1. The maximum Gasteiger partial charge on any atom is 0.334 e. The summed E-state index contributed by atoms with van der Waals surface area (Å²) >= 11 is 1.64. The Morgan fingerprint density at radius 3 is 2.28 bits per heavy atom. The Hall–Kier alpha value is -1.30. The van der Waals surface area contributed by atoms with Gasteiger partial charge in [0.25, 0.3) is 11.8 Å². The number of carbonyl (C=O) groups is 3. The Bertz CT molecular complexity index is 383. The van der Waals surface area contributed by atoms with Crippen LogP contribution in [0, 0.1) is 0 Å². The molecule has 0 spiro atoms. The fourth-order valence-corrected chi connectivity index (χ4v) is 3.12. The van der Waals surface area contributed by atoms with Gasteiger partial charge in [-0.2, -0.15) is 11.8 Å². The first-order valence-corrected chi connectivity index (χ1v) is 6.54. The van der Waals surface area contributed by atoms with Crippen molar-refractivity contribution in [3.63, 3.8) is 0 Å². The summed E-state index contributed by atoms with van der Waals surface area (Å²) in [7, 11) is 0. The molecule has 0 saturated carbocycles. The lowest BCUT2D eigenvalue weighted by Crippen LogP contribution is -2.35. The van der Waals surface area contributed by atoms with Crippen molar-refractivity contribution in [2.45, 2.75) is 44.1 Å². The highest BCUT2D eigenvalue weighted by Crippen LogP contribution is 2.32. The number of amides is 2. The highest BCUT2D eigenvalue weighted by atomic mass is 32.2. The molecule has 5 nitrogen and oxygen atoms in total. The zero-order valence-electron chi connectivity index (χ0n) is 10.9. The molecule has 0 saturated heterocycles. The van der Waals surface area contributed by atoms with Crippen molar-refractivity contribution in [3.8, 4) is 0 Å². The molecule has 1 rings (SSSR count). The summed E-state index contributed by atoms with van der Waals surface area (Å²) in [5.74, 6) is -1.83. The molecule has 6 heteroatoms. The molecule has 0 unspecified atom stereocenters. The number of hydrogen-bond acceptors (Lipinski definition) is 5. The highest BCUT2D eigenvalue weighted by molar-refractivity contribution is 8.01. The van der Waals surface area contributed by atoms with Gasteiger partial charge in [-0.1, -0.05) is 32.8 Å². The van der Waals surface area contributed by atoms with Crippen LogP contribution in [0.5, 0.6) is 0 Å². The first kappa shape index (κ1) is 14.8. The second-order valence-corrected chi connectivity index (χ2v) is 7.15. The van der Waals surface area contributed by atoms with E-state index in [0.717, 1.165) is 12.2 Å². The number of rotatable bonds is 5. The Morgan fingerprint density at radius 1 is 1.33 bits per heavy atom. The molecule has 100 valence electrons. The molecular weight excluding hydrogens is 254 g/mol. The predicted molar refractivity (Wildman–Crippen MR) is 68.5 cm³/mol. The first-order valence-electron chi connectivity index (χ1n) is 5.66. The maximum absolute atomic E-state index is 11.7. The van der Waals surface area contributed by atoms with Crippen molar-refractivity contribution in [3.05, 3.63) is 12.2 Å². The van der Waals surface area contributed by atoms with Gasteiger partial charge in [-0.05, 0) is 5.25 Å². The van der Waals surface area contributed by atoms with Crippen LogP contribution in [0.2, 0.25) is 0 Å². The quantitative estimate of drug-likeness (QED) is 0.712. The highest BCUT2D eigenvalue weighted by Gasteiger charge is 2.31. The molecule has 0 N–H and O–H groups in total. The summed E-state index contributed by atoms with van der Waals surface area (Å²) in [6, 6.07) is 0. The second kappa shape index (κ2) is 5.56. The third kappa shape index (κ3) is 4.18. The van der Waals surface area contributed by atoms with Gasteiger partial charge in [-0.15, -0.1) is 0 Å². The average molecular weight is 271 g/mol. The van der Waals surface area contributed by atoms with E-state index in [9.17, 15) is 14.4 Å². The lowest BCUT2D eigenvalue weighted by Gasteiger charge is -2.25. The van der Waals surface area contributed by atoms with Crippen molar-refractivity contribution in [2.24, 2.45) is 0 Å². The third-order valence-corrected chi connectivity index (χ3v) is 3.34. The van der Waals surface area contributed by atoms with Crippen LogP contribution in [0.25, 0.3) is 0 Å². The number of nitrogens with zero attached hydrogens (tertiary/aromatic N) is 1. The average Bonchev–Trinajstić information content (AvgIpc) is 2.46. The monoisotopic (exact) mass is 271 g/mol. The van der Waals surface area contributed by atoms with Crippen LogP contribution >= 0.6 is 11.8 Å². The van der Waals surface area contributed by atoms with E-state index in [-0.39, 0.29) is 11.2 Å². The molecule has 1 aliphatic heterocycles. The smallest absolute Gasteiger partial charge is 0.330 e. The molecule has 0 fully saturated rings. The molecule has 0 aliphatic carbocycles. The fourth-order valence-electron chi connectivity index (χ4n) is 1.64. The fraction of sp³-hybridized carbons (Fsp3) is 0.583. The summed E-state index contributed by atoms with van der Waals surface area (Å²) in [6.45, 7) is 7.92. The summed E-state index contributed by atoms with van der Waals surface area (Å²) in [6.07, 6.45) is 2.28. The van der Waals surface area contributed by atoms with Gasteiger partial charge in [-0.25, -0.2) is 4.79 Å². The van der Waals surface area contributed by atoms with E-state index in [4.69, 9.17) is 4.84 Å². The summed E-state index contributed by atoms with van der Waals surface area (Å²) in [5.41, 5.74) is 0. The predicted octanol–water partition coefficient (Wildman–Crippen LogP) is 1.68. The van der Waals surface area contributed by atoms with Crippen LogP contribution in [0.3, 0.4) is 0 Å². The van der Waals surface area contributed by atoms with Crippen LogP contribution in [0.15, 0.2) is 12.2 Å². The molecule has 2 amide bonds. The molecular formula is C12H17NO4S. The van der Waals surface area contributed by atoms with Crippen molar-refractivity contribution >= 4 is 29.5 Å². The van der Waals surface area contributed by atoms with Crippen molar-refractivity contribution in [1.82, 2.24) is 5.06 Å². The standard InChI is InChI=1S/C12H17NO4S/c1-8(2)18-12(3,4)7-11(16)17-13-9(14)5-6-10(13)15/h5-6,8H,7H2,1-4H3. The van der Waals surface area contributed by atoms with E-state index in [1.807, 2.05) is 27.7 Å². The number of hydroxylamine groups is 2. The second-order valence-electron chi connectivity index (χ2n) is 4.87. The Kier molecular flexibility index (Phi) is 4.56. The zero-order valence-corrected chi connectivity index (χ0v) is 11.7. The van der Waals surface area contributed by atoms with Crippen molar-refractivity contribution in [1.29, 1.82) is 0 Å². The maximum atomic E-state index is 11.7. The van der Waals surface area contributed by atoms with E-state index < -0.39 is 17.8 Å². The Morgan fingerprint density at radius 2 is 1.83 bits per heavy atom. The summed E-state index contributed by atoms with van der Waals surface area (Å²) in [4.78, 5) is 38.8. The van der Waals surface area contributed by atoms with Crippen molar-refractivity contribution in [2.75, 3.05) is 0 Å². The van der Waals surface area contributed by atoms with Crippen LogP contribution in [0.4, 0.5) is 0 Å². The summed E-state index contributed by atoms with van der Waals surface area (Å²) in [5, 5.41) is 0.864. The van der Waals surface area contributed by atoms with E-state index in [0.29, 0.717) is 10.3 Å². The van der Waals surface area contributed by atoms with Gasteiger partial charge in [0.2, 0.25) is 0 Å². The minimum atomic E-state index is -0.623. The van der Waals surface area contributed by atoms with Gasteiger partial charge < -0.3 is 4.84 Å². The summed E-state index contributed by atoms with van der Waals surface area (Å²) < 4.78 is -0.301. The molecule has 0 atom stereocenters. The Balaban J connectivity index is 2.52. The number of thioether (sulfide) groups is 1.